The number of carbonyl (C=O) groups excluding carboxylic acids is 1. The molecule has 0 saturated carbocycles. The minimum atomic E-state index is -3.09. The third-order valence-corrected chi connectivity index (χ3v) is 4.30. The minimum Gasteiger partial charge on any atom is -0.341 e. The fraction of sp³-hybridized carbons (Fsp3) is 0.533. The maximum atomic E-state index is 12.2. The van der Waals surface area contributed by atoms with Crippen molar-refractivity contribution in [3.63, 3.8) is 0 Å². The van der Waals surface area contributed by atoms with Crippen LogP contribution in [0.3, 0.4) is 0 Å². The van der Waals surface area contributed by atoms with Crippen molar-refractivity contribution < 1.29 is 13.2 Å². The summed E-state index contributed by atoms with van der Waals surface area (Å²) < 4.78 is 22.3. The van der Waals surface area contributed by atoms with Crippen molar-refractivity contribution in [1.82, 2.24) is 4.90 Å². The zero-order chi connectivity index (χ0) is 15.9. The molecule has 1 unspecified atom stereocenters. The maximum Gasteiger partial charge on any atom is 0.239 e. The Hall–Kier alpha value is -1.40. The smallest absolute Gasteiger partial charge is 0.239 e. The molecule has 0 aliphatic heterocycles. The van der Waals surface area contributed by atoms with Crippen LogP contribution in [-0.2, 0) is 21.1 Å². The molecular weight excluding hydrogens is 288 g/mol. The van der Waals surface area contributed by atoms with E-state index in [1.54, 1.807) is 4.90 Å². The molecule has 0 spiro atoms. The van der Waals surface area contributed by atoms with Crippen LogP contribution in [-0.4, -0.2) is 50.4 Å². The van der Waals surface area contributed by atoms with Crippen molar-refractivity contribution in [2.45, 2.75) is 25.8 Å². The van der Waals surface area contributed by atoms with Crippen LogP contribution in [0, 0.1) is 0 Å². The quantitative estimate of drug-likeness (QED) is 0.771. The Morgan fingerprint density at radius 2 is 1.90 bits per heavy atom. The molecule has 0 bridgehead atoms. The Morgan fingerprint density at radius 3 is 2.43 bits per heavy atom. The van der Waals surface area contributed by atoms with Gasteiger partial charge in [0.25, 0.3) is 0 Å². The molecule has 2 N–H and O–H groups in total. The van der Waals surface area contributed by atoms with E-state index < -0.39 is 15.9 Å². The molecule has 21 heavy (non-hydrogen) atoms. The van der Waals surface area contributed by atoms with Gasteiger partial charge in [0.1, 0.15) is 9.84 Å². The average Bonchev–Trinajstić information content (AvgIpc) is 2.45. The van der Waals surface area contributed by atoms with Crippen molar-refractivity contribution in [2.75, 3.05) is 25.1 Å². The van der Waals surface area contributed by atoms with E-state index in [4.69, 9.17) is 5.73 Å². The average molecular weight is 312 g/mol. The van der Waals surface area contributed by atoms with E-state index >= 15 is 0 Å². The van der Waals surface area contributed by atoms with Gasteiger partial charge in [-0.3, -0.25) is 4.79 Å². The maximum absolute atomic E-state index is 12.2. The molecule has 1 atom stereocenters. The predicted octanol–water partition coefficient (Wildman–Crippen LogP) is 0.840. The van der Waals surface area contributed by atoms with Crippen LogP contribution in [0.5, 0.6) is 0 Å². The molecule has 0 heterocycles. The second-order valence-corrected chi connectivity index (χ2v) is 7.44. The first kappa shape index (κ1) is 17.7. The molecule has 1 rings (SSSR count). The number of rotatable bonds is 8. The van der Waals surface area contributed by atoms with Gasteiger partial charge in [0.15, 0.2) is 0 Å². The number of hydrogen-bond donors (Lipinski definition) is 1. The van der Waals surface area contributed by atoms with E-state index in [0.717, 1.165) is 18.2 Å². The molecule has 0 aliphatic rings. The molecule has 1 amide bonds. The lowest BCUT2D eigenvalue weighted by atomic mass is 10.1. The van der Waals surface area contributed by atoms with E-state index in [-0.39, 0.29) is 18.1 Å². The van der Waals surface area contributed by atoms with Crippen molar-refractivity contribution in [3.05, 3.63) is 35.9 Å². The summed E-state index contributed by atoms with van der Waals surface area (Å²) in [6, 6.07) is 9.16. The fourth-order valence-electron chi connectivity index (χ4n) is 2.03. The minimum absolute atomic E-state index is 0.0594. The number of carbonyl (C=O) groups is 1. The Balaban J connectivity index is 2.52. The summed E-state index contributed by atoms with van der Waals surface area (Å²) >= 11 is 0. The lowest BCUT2D eigenvalue weighted by Gasteiger charge is -2.24. The molecule has 0 fully saturated rings. The summed E-state index contributed by atoms with van der Waals surface area (Å²) in [5.74, 6) is -0.243. The van der Waals surface area contributed by atoms with Gasteiger partial charge < -0.3 is 10.6 Å². The van der Waals surface area contributed by atoms with E-state index in [1.807, 2.05) is 37.3 Å². The van der Waals surface area contributed by atoms with Gasteiger partial charge in [-0.1, -0.05) is 30.3 Å². The number of benzene rings is 1. The molecule has 6 heteroatoms. The Kier molecular flexibility index (Phi) is 6.84. The molecule has 1 aromatic rings. The molecule has 118 valence electrons. The van der Waals surface area contributed by atoms with E-state index in [9.17, 15) is 13.2 Å². The SMILES string of the molecule is CCN(CCc1ccccc1)C(=O)C(N)CCS(C)(=O)=O. The molecule has 0 radical (unpaired) electrons. The first-order chi connectivity index (χ1) is 9.83. The molecule has 5 nitrogen and oxygen atoms in total. The van der Waals surface area contributed by atoms with Gasteiger partial charge in [-0.05, 0) is 25.3 Å². The number of nitrogens with two attached hydrogens (primary N) is 1. The molecule has 0 saturated heterocycles. The molecular formula is C15H24N2O3S. The van der Waals surface area contributed by atoms with Crippen LogP contribution in [0.2, 0.25) is 0 Å². The van der Waals surface area contributed by atoms with E-state index in [0.29, 0.717) is 13.1 Å². The Bertz CT molecular complexity index is 543. The number of hydrogen-bond acceptors (Lipinski definition) is 4. The van der Waals surface area contributed by atoms with Crippen LogP contribution in [0.15, 0.2) is 30.3 Å². The summed E-state index contributed by atoms with van der Waals surface area (Å²) in [6.45, 7) is 3.05. The summed E-state index contributed by atoms with van der Waals surface area (Å²) in [5, 5.41) is 0. The Morgan fingerprint density at radius 1 is 1.29 bits per heavy atom. The van der Waals surface area contributed by atoms with Gasteiger partial charge in [-0.2, -0.15) is 0 Å². The highest BCUT2D eigenvalue weighted by molar-refractivity contribution is 7.90. The van der Waals surface area contributed by atoms with Crippen LogP contribution >= 0.6 is 0 Å². The summed E-state index contributed by atoms with van der Waals surface area (Å²) in [7, 11) is -3.09. The molecule has 0 aromatic heterocycles. The highest BCUT2D eigenvalue weighted by Gasteiger charge is 2.20. The highest BCUT2D eigenvalue weighted by atomic mass is 32.2. The molecule has 0 aliphatic carbocycles. The second-order valence-electron chi connectivity index (χ2n) is 5.18. The van der Waals surface area contributed by atoms with Crippen molar-refractivity contribution in [1.29, 1.82) is 0 Å². The topological polar surface area (TPSA) is 80.5 Å². The monoisotopic (exact) mass is 312 g/mol. The highest BCUT2D eigenvalue weighted by Crippen LogP contribution is 2.04. The standard InChI is InChI=1S/C15H24N2O3S/c1-3-17(11-9-13-7-5-4-6-8-13)15(18)14(16)10-12-21(2,19)20/h4-8,14H,3,9-12,16H2,1-2H3. The predicted molar refractivity (Wildman–Crippen MR) is 84.7 cm³/mol. The van der Waals surface area contributed by atoms with E-state index in [2.05, 4.69) is 0 Å². The summed E-state index contributed by atoms with van der Waals surface area (Å²) in [5.41, 5.74) is 6.97. The van der Waals surface area contributed by atoms with E-state index in [1.165, 1.54) is 0 Å². The number of amides is 1. The zero-order valence-corrected chi connectivity index (χ0v) is 13.5. The van der Waals surface area contributed by atoms with Crippen LogP contribution < -0.4 is 5.73 Å². The lowest BCUT2D eigenvalue weighted by molar-refractivity contribution is -0.132. The van der Waals surface area contributed by atoms with Crippen molar-refractivity contribution in [3.8, 4) is 0 Å². The van der Waals surface area contributed by atoms with Gasteiger partial charge in [0.2, 0.25) is 5.91 Å². The van der Waals surface area contributed by atoms with Gasteiger partial charge in [-0.15, -0.1) is 0 Å². The number of sulfone groups is 1. The third kappa shape index (κ3) is 6.73. The van der Waals surface area contributed by atoms with Gasteiger partial charge in [0.05, 0.1) is 11.8 Å². The fourth-order valence-corrected chi connectivity index (χ4v) is 2.71. The second kappa shape index (κ2) is 8.14. The largest absolute Gasteiger partial charge is 0.341 e. The summed E-state index contributed by atoms with van der Waals surface area (Å²) in [4.78, 5) is 13.9. The van der Waals surface area contributed by atoms with Gasteiger partial charge in [0, 0.05) is 19.3 Å². The lowest BCUT2D eigenvalue weighted by Crippen LogP contribution is -2.45. The Labute approximate surface area is 127 Å². The van der Waals surface area contributed by atoms with Gasteiger partial charge in [-0.25, -0.2) is 8.42 Å². The normalized spacial score (nSPS) is 12.9. The van der Waals surface area contributed by atoms with Crippen LogP contribution in [0.25, 0.3) is 0 Å². The summed E-state index contributed by atoms with van der Waals surface area (Å²) in [6.07, 6.45) is 2.08. The third-order valence-electron chi connectivity index (χ3n) is 3.32. The zero-order valence-electron chi connectivity index (χ0n) is 12.7. The first-order valence-corrected chi connectivity index (χ1v) is 9.15. The molecule has 1 aromatic carbocycles. The number of nitrogens with zero attached hydrogens (tertiary/aromatic N) is 1. The van der Waals surface area contributed by atoms with Gasteiger partial charge >= 0.3 is 0 Å². The van der Waals surface area contributed by atoms with Crippen LogP contribution in [0.4, 0.5) is 0 Å². The van der Waals surface area contributed by atoms with Crippen molar-refractivity contribution >= 4 is 15.7 Å². The van der Waals surface area contributed by atoms with Crippen molar-refractivity contribution in [2.24, 2.45) is 5.73 Å². The number of likely N-dealkylation sites (N-methyl/N-ethyl adjacent to an activating group) is 1. The van der Waals surface area contributed by atoms with Crippen LogP contribution in [0.1, 0.15) is 18.9 Å². The first-order valence-electron chi connectivity index (χ1n) is 7.09.